The number of carboxylic acids is 1. The van der Waals surface area contributed by atoms with Crippen molar-refractivity contribution in [2.24, 2.45) is 0 Å². The monoisotopic (exact) mass is 294 g/mol. The van der Waals surface area contributed by atoms with Gasteiger partial charge in [0, 0.05) is 6.04 Å². The number of nitrogens with one attached hydrogen (secondary N) is 2. The summed E-state index contributed by atoms with van der Waals surface area (Å²) in [5.74, 6) is -1.32. The van der Waals surface area contributed by atoms with E-state index in [1.165, 1.54) is 6.92 Å². The molecule has 0 aromatic heterocycles. The van der Waals surface area contributed by atoms with Gasteiger partial charge in [-0.15, -0.1) is 0 Å². The molecule has 1 rings (SSSR count). The molecule has 8 nitrogen and oxygen atoms in total. The molecule has 0 saturated carbocycles. The van der Waals surface area contributed by atoms with Crippen LogP contribution in [0.15, 0.2) is 0 Å². The first-order valence-electron chi connectivity index (χ1n) is 5.89. The number of urea groups is 1. The van der Waals surface area contributed by atoms with Crippen molar-refractivity contribution in [3.8, 4) is 0 Å². The first-order valence-corrected chi connectivity index (χ1v) is 7.72. The van der Waals surface area contributed by atoms with Gasteiger partial charge in [0.05, 0.1) is 17.6 Å². The van der Waals surface area contributed by atoms with Crippen LogP contribution in [0.5, 0.6) is 0 Å². The lowest BCUT2D eigenvalue weighted by atomic mass is 10.1. The van der Waals surface area contributed by atoms with Crippen LogP contribution in [0.2, 0.25) is 0 Å². The normalized spacial score (nSPS) is 22.2. The van der Waals surface area contributed by atoms with E-state index in [1.807, 2.05) is 0 Å². The largest absolute Gasteiger partial charge is 0.480 e. The van der Waals surface area contributed by atoms with E-state index in [0.717, 1.165) is 0 Å². The second-order valence-corrected chi connectivity index (χ2v) is 6.90. The molecule has 1 aliphatic rings. The summed E-state index contributed by atoms with van der Waals surface area (Å²) < 4.78 is 22.4. The number of carbonyl (C=O) groups is 2. The van der Waals surface area contributed by atoms with Gasteiger partial charge in [-0.1, -0.05) is 0 Å². The van der Waals surface area contributed by atoms with Gasteiger partial charge in [0.25, 0.3) is 0 Å². The molecule has 0 radical (unpaired) electrons. The van der Waals surface area contributed by atoms with E-state index in [4.69, 9.17) is 5.11 Å². The quantitative estimate of drug-likeness (QED) is 0.509. The van der Waals surface area contributed by atoms with E-state index < -0.39 is 34.0 Å². The molecular formula is C10H18N2O6S. The number of rotatable bonds is 4. The fraction of sp³-hybridized carbons (Fsp3) is 0.800. The van der Waals surface area contributed by atoms with Gasteiger partial charge < -0.3 is 20.8 Å². The Morgan fingerprint density at radius 2 is 1.79 bits per heavy atom. The molecule has 9 heteroatoms. The van der Waals surface area contributed by atoms with Gasteiger partial charge in [0.1, 0.15) is 9.84 Å². The van der Waals surface area contributed by atoms with Crippen molar-refractivity contribution in [3.63, 3.8) is 0 Å². The third-order valence-corrected chi connectivity index (χ3v) is 4.64. The van der Waals surface area contributed by atoms with Crippen LogP contribution >= 0.6 is 0 Å². The molecule has 1 aliphatic heterocycles. The van der Waals surface area contributed by atoms with Gasteiger partial charge in [0.15, 0.2) is 6.04 Å². The lowest BCUT2D eigenvalue weighted by Crippen LogP contribution is -2.53. The first-order chi connectivity index (χ1) is 8.71. The number of sulfone groups is 1. The van der Waals surface area contributed by atoms with E-state index in [-0.39, 0.29) is 17.5 Å². The highest BCUT2D eigenvalue weighted by atomic mass is 32.2. The number of aliphatic carboxylic acids is 1. The summed E-state index contributed by atoms with van der Waals surface area (Å²) in [6.45, 7) is 1.26. The molecule has 1 saturated heterocycles. The summed E-state index contributed by atoms with van der Waals surface area (Å²) in [7, 11) is -3.01. The second-order valence-electron chi connectivity index (χ2n) is 4.60. The molecule has 0 aromatic rings. The van der Waals surface area contributed by atoms with Crippen molar-refractivity contribution in [1.29, 1.82) is 0 Å². The van der Waals surface area contributed by atoms with Crippen LogP contribution < -0.4 is 10.6 Å². The molecule has 0 spiro atoms. The van der Waals surface area contributed by atoms with E-state index >= 15 is 0 Å². The molecular weight excluding hydrogens is 276 g/mol. The SMILES string of the molecule is C[C@@H](O)[C@H](NC(=O)NC1CCS(=O)(=O)CC1)C(=O)O. The number of carboxylic acid groups (broad SMARTS) is 1. The van der Waals surface area contributed by atoms with Gasteiger partial charge in [-0.2, -0.15) is 0 Å². The molecule has 2 atom stereocenters. The van der Waals surface area contributed by atoms with Crippen LogP contribution in [-0.4, -0.2) is 60.3 Å². The van der Waals surface area contributed by atoms with Crippen LogP contribution in [0.3, 0.4) is 0 Å². The minimum Gasteiger partial charge on any atom is -0.480 e. The first kappa shape index (κ1) is 15.7. The zero-order chi connectivity index (χ0) is 14.6. The summed E-state index contributed by atoms with van der Waals surface area (Å²) in [6, 6.07) is -2.42. The Hall–Kier alpha value is -1.35. The van der Waals surface area contributed by atoms with Crippen LogP contribution in [0.25, 0.3) is 0 Å². The summed E-state index contributed by atoms with van der Waals surface area (Å²) in [5.41, 5.74) is 0. The maximum absolute atomic E-state index is 11.5. The highest BCUT2D eigenvalue weighted by molar-refractivity contribution is 7.91. The third-order valence-electron chi connectivity index (χ3n) is 2.92. The maximum Gasteiger partial charge on any atom is 0.328 e. The number of aliphatic hydroxyl groups excluding tert-OH is 1. The van der Waals surface area contributed by atoms with E-state index in [1.54, 1.807) is 0 Å². The molecule has 1 heterocycles. The Kier molecular flexibility index (Phi) is 5.12. The molecule has 0 aliphatic carbocycles. The smallest absolute Gasteiger partial charge is 0.328 e. The standard InChI is InChI=1S/C10H18N2O6S/c1-6(13)8(9(14)15)12-10(16)11-7-2-4-19(17,18)5-3-7/h6-8,13H,2-5H2,1H3,(H,14,15)(H2,11,12,16)/t6-,8+/m1/s1. The minimum atomic E-state index is -3.01. The number of carbonyl (C=O) groups excluding carboxylic acids is 1. The minimum absolute atomic E-state index is 0.0106. The summed E-state index contributed by atoms with van der Waals surface area (Å²) in [6.07, 6.45) is -0.611. The van der Waals surface area contributed by atoms with Gasteiger partial charge in [-0.05, 0) is 19.8 Å². The highest BCUT2D eigenvalue weighted by Crippen LogP contribution is 2.11. The van der Waals surface area contributed by atoms with Crippen molar-refractivity contribution < 1.29 is 28.2 Å². The number of aliphatic hydroxyl groups is 1. The second kappa shape index (κ2) is 6.20. The maximum atomic E-state index is 11.5. The zero-order valence-corrected chi connectivity index (χ0v) is 11.3. The Morgan fingerprint density at radius 3 is 2.21 bits per heavy atom. The van der Waals surface area contributed by atoms with Crippen molar-refractivity contribution in [2.75, 3.05) is 11.5 Å². The van der Waals surface area contributed by atoms with Crippen molar-refractivity contribution in [1.82, 2.24) is 10.6 Å². The summed E-state index contributed by atoms with van der Waals surface area (Å²) in [4.78, 5) is 22.3. The molecule has 0 bridgehead atoms. The molecule has 0 aromatic carbocycles. The Morgan fingerprint density at radius 1 is 1.26 bits per heavy atom. The molecule has 110 valence electrons. The predicted octanol–water partition coefficient (Wildman–Crippen LogP) is -1.30. The lowest BCUT2D eigenvalue weighted by molar-refractivity contribution is -0.141. The molecule has 4 N–H and O–H groups in total. The Balaban J connectivity index is 2.45. The van der Waals surface area contributed by atoms with E-state index in [9.17, 15) is 23.1 Å². The van der Waals surface area contributed by atoms with Gasteiger partial charge in [-0.25, -0.2) is 18.0 Å². The summed E-state index contributed by atoms with van der Waals surface area (Å²) >= 11 is 0. The van der Waals surface area contributed by atoms with Gasteiger partial charge in [-0.3, -0.25) is 0 Å². The number of amides is 2. The fourth-order valence-corrected chi connectivity index (χ4v) is 3.28. The van der Waals surface area contributed by atoms with Crippen molar-refractivity contribution >= 4 is 21.8 Å². The summed E-state index contributed by atoms with van der Waals surface area (Å²) in [5, 5.41) is 22.6. The van der Waals surface area contributed by atoms with Crippen LogP contribution in [0, 0.1) is 0 Å². The zero-order valence-electron chi connectivity index (χ0n) is 10.5. The Labute approximate surface area is 111 Å². The van der Waals surface area contributed by atoms with E-state index in [0.29, 0.717) is 12.8 Å². The average Bonchev–Trinajstić information content (AvgIpc) is 2.28. The van der Waals surface area contributed by atoms with Crippen molar-refractivity contribution in [3.05, 3.63) is 0 Å². The third kappa shape index (κ3) is 5.03. The topological polar surface area (TPSA) is 133 Å². The van der Waals surface area contributed by atoms with Crippen LogP contribution in [0.1, 0.15) is 19.8 Å². The predicted molar refractivity (Wildman–Crippen MR) is 66.4 cm³/mol. The number of hydrogen-bond acceptors (Lipinski definition) is 5. The average molecular weight is 294 g/mol. The van der Waals surface area contributed by atoms with Crippen LogP contribution in [-0.2, 0) is 14.6 Å². The van der Waals surface area contributed by atoms with Gasteiger partial charge in [0.2, 0.25) is 0 Å². The molecule has 1 fully saturated rings. The van der Waals surface area contributed by atoms with E-state index in [2.05, 4.69) is 10.6 Å². The fourth-order valence-electron chi connectivity index (χ4n) is 1.79. The van der Waals surface area contributed by atoms with Crippen LogP contribution in [0.4, 0.5) is 4.79 Å². The number of hydrogen-bond donors (Lipinski definition) is 4. The molecule has 19 heavy (non-hydrogen) atoms. The van der Waals surface area contributed by atoms with Crippen molar-refractivity contribution in [2.45, 2.75) is 38.0 Å². The molecule has 2 amide bonds. The lowest BCUT2D eigenvalue weighted by Gasteiger charge is -2.24. The van der Waals surface area contributed by atoms with Gasteiger partial charge >= 0.3 is 12.0 Å². The Bertz CT molecular complexity index is 433. The highest BCUT2D eigenvalue weighted by Gasteiger charge is 2.28. The molecule has 0 unspecified atom stereocenters.